The Morgan fingerprint density at radius 1 is 1.15 bits per heavy atom. The van der Waals surface area contributed by atoms with Crippen molar-refractivity contribution < 1.29 is 18.0 Å². The van der Waals surface area contributed by atoms with Crippen LogP contribution in [-0.2, 0) is 11.0 Å². The highest BCUT2D eigenvalue weighted by Gasteiger charge is 2.50. The maximum Gasteiger partial charge on any atom is 0.416 e. The van der Waals surface area contributed by atoms with Gasteiger partial charge in [0.2, 0.25) is 6.41 Å². The first-order chi connectivity index (χ1) is 9.44. The molecule has 0 N–H and O–H groups in total. The second-order valence-electron chi connectivity index (χ2n) is 5.53. The molecule has 2 saturated heterocycles. The van der Waals surface area contributed by atoms with Gasteiger partial charge in [0.05, 0.1) is 11.1 Å². The highest BCUT2D eigenvalue weighted by atomic mass is 19.4. The quantitative estimate of drug-likeness (QED) is 0.779. The predicted molar refractivity (Wildman–Crippen MR) is 68.4 cm³/mol. The van der Waals surface area contributed by atoms with E-state index in [1.807, 2.05) is 0 Å². The lowest BCUT2D eigenvalue weighted by Crippen LogP contribution is -2.67. The highest BCUT2D eigenvalue weighted by molar-refractivity contribution is 5.57. The summed E-state index contributed by atoms with van der Waals surface area (Å²) in [6, 6.07) is 5.30. The van der Waals surface area contributed by atoms with Crippen molar-refractivity contribution in [2.24, 2.45) is 0 Å². The molecule has 2 aliphatic heterocycles. The number of amides is 1. The molecule has 1 amide bonds. The average molecular weight is 284 g/mol. The molecule has 2 fully saturated rings. The van der Waals surface area contributed by atoms with Gasteiger partial charge in [0.1, 0.15) is 0 Å². The minimum absolute atomic E-state index is 0.0688. The third-order valence-corrected chi connectivity index (χ3v) is 4.25. The van der Waals surface area contributed by atoms with Crippen molar-refractivity contribution in [2.75, 3.05) is 24.5 Å². The molecule has 20 heavy (non-hydrogen) atoms. The molecule has 0 saturated carbocycles. The molecule has 0 aliphatic carbocycles. The fourth-order valence-electron chi connectivity index (χ4n) is 3.28. The van der Waals surface area contributed by atoms with Gasteiger partial charge in [-0.1, -0.05) is 0 Å². The van der Waals surface area contributed by atoms with E-state index in [1.165, 1.54) is 12.1 Å². The fraction of sp³-hybridized carbons (Fsp3) is 0.500. The fourth-order valence-corrected chi connectivity index (χ4v) is 3.28. The zero-order valence-corrected chi connectivity index (χ0v) is 10.9. The third kappa shape index (κ3) is 2.03. The Balaban J connectivity index is 1.81. The Labute approximate surface area is 115 Å². The first kappa shape index (κ1) is 13.3. The van der Waals surface area contributed by atoms with Gasteiger partial charge in [0.25, 0.3) is 0 Å². The molecule has 1 aromatic rings. The average Bonchev–Trinajstić information content (AvgIpc) is 2.80. The van der Waals surface area contributed by atoms with E-state index in [9.17, 15) is 18.0 Å². The summed E-state index contributed by atoms with van der Waals surface area (Å²) in [5, 5.41) is 0. The van der Waals surface area contributed by atoms with E-state index in [4.69, 9.17) is 0 Å². The minimum atomic E-state index is -4.30. The number of carbonyl (C=O) groups is 1. The maximum absolute atomic E-state index is 12.6. The zero-order chi connectivity index (χ0) is 14.4. The Bertz CT molecular complexity index is 506. The van der Waals surface area contributed by atoms with Crippen LogP contribution in [0.4, 0.5) is 18.9 Å². The van der Waals surface area contributed by atoms with Crippen LogP contribution < -0.4 is 4.90 Å². The number of hydrogen-bond acceptors (Lipinski definition) is 2. The molecule has 1 aromatic carbocycles. The Morgan fingerprint density at radius 2 is 1.80 bits per heavy atom. The SMILES string of the molecule is O=CN1CC2(CCCN2c2ccc(C(F)(F)F)cc2)C1. The topological polar surface area (TPSA) is 23.6 Å². The first-order valence-corrected chi connectivity index (χ1v) is 6.59. The van der Waals surface area contributed by atoms with E-state index in [1.54, 1.807) is 4.90 Å². The van der Waals surface area contributed by atoms with Gasteiger partial charge in [-0.25, -0.2) is 0 Å². The Morgan fingerprint density at radius 3 is 2.35 bits per heavy atom. The lowest BCUT2D eigenvalue weighted by atomic mass is 9.87. The van der Waals surface area contributed by atoms with Crippen LogP contribution in [0.3, 0.4) is 0 Å². The van der Waals surface area contributed by atoms with Gasteiger partial charge < -0.3 is 9.80 Å². The second-order valence-corrected chi connectivity index (χ2v) is 5.53. The largest absolute Gasteiger partial charge is 0.416 e. The summed E-state index contributed by atoms with van der Waals surface area (Å²) in [6.45, 7) is 2.16. The third-order valence-electron chi connectivity index (χ3n) is 4.25. The first-order valence-electron chi connectivity index (χ1n) is 6.59. The summed E-state index contributed by atoms with van der Waals surface area (Å²) in [4.78, 5) is 14.6. The van der Waals surface area contributed by atoms with Gasteiger partial charge in [-0.05, 0) is 37.1 Å². The molecule has 2 aliphatic rings. The lowest BCUT2D eigenvalue weighted by molar-refractivity contribution is -0.137. The number of halogens is 3. The molecule has 0 atom stereocenters. The molecule has 0 aromatic heterocycles. The Hall–Kier alpha value is -1.72. The van der Waals surface area contributed by atoms with E-state index in [0.717, 1.165) is 43.6 Å². The van der Waals surface area contributed by atoms with Crippen molar-refractivity contribution >= 4 is 12.1 Å². The van der Waals surface area contributed by atoms with Crippen LogP contribution in [0.5, 0.6) is 0 Å². The molecule has 6 heteroatoms. The van der Waals surface area contributed by atoms with Crippen molar-refractivity contribution in [3.63, 3.8) is 0 Å². The van der Waals surface area contributed by atoms with Gasteiger partial charge in [0, 0.05) is 25.3 Å². The van der Waals surface area contributed by atoms with Crippen LogP contribution in [0.15, 0.2) is 24.3 Å². The number of nitrogens with zero attached hydrogens (tertiary/aromatic N) is 2. The summed E-state index contributed by atoms with van der Waals surface area (Å²) in [6.07, 6.45) is -1.48. The predicted octanol–water partition coefficient (Wildman–Crippen LogP) is 2.52. The smallest absolute Gasteiger partial charge is 0.362 e. The van der Waals surface area contributed by atoms with Crippen molar-refractivity contribution in [1.82, 2.24) is 4.90 Å². The minimum Gasteiger partial charge on any atom is -0.362 e. The standard InChI is InChI=1S/C14H15F3N2O/c15-14(16,17)11-2-4-12(5-3-11)19-7-1-6-13(19)8-18(9-13)10-20/h2-5,10H,1,6-9H2. The summed E-state index contributed by atoms with van der Waals surface area (Å²) in [5.74, 6) is 0. The number of anilines is 1. The highest BCUT2D eigenvalue weighted by Crippen LogP contribution is 2.41. The second kappa shape index (κ2) is 4.40. The van der Waals surface area contributed by atoms with E-state index >= 15 is 0 Å². The van der Waals surface area contributed by atoms with Crippen molar-refractivity contribution in [3.8, 4) is 0 Å². The lowest BCUT2D eigenvalue weighted by Gasteiger charge is -2.52. The van der Waals surface area contributed by atoms with Gasteiger partial charge in [0.15, 0.2) is 0 Å². The summed E-state index contributed by atoms with van der Waals surface area (Å²) in [5.41, 5.74) is 0.111. The molecule has 3 nitrogen and oxygen atoms in total. The number of benzene rings is 1. The van der Waals surface area contributed by atoms with Crippen LogP contribution in [0.2, 0.25) is 0 Å². The molecular formula is C14H15F3N2O. The number of likely N-dealkylation sites (tertiary alicyclic amines) is 1. The van der Waals surface area contributed by atoms with E-state index < -0.39 is 11.7 Å². The molecule has 3 rings (SSSR count). The van der Waals surface area contributed by atoms with Crippen LogP contribution in [-0.4, -0.2) is 36.5 Å². The molecule has 108 valence electrons. The van der Waals surface area contributed by atoms with Crippen molar-refractivity contribution in [2.45, 2.75) is 24.6 Å². The summed E-state index contributed by atoms with van der Waals surface area (Å²) < 4.78 is 37.7. The van der Waals surface area contributed by atoms with Gasteiger partial charge in [-0.15, -0.1) is 0 Å². The molecular weight excluding hydrogens is 269 g/mol. The number of hydrogen-bond donors (Lipinski definition) is 0. The maximum atomic E-state index is 12.6. The number of carbonyl (C=O) groups excluding carboxylic acids is 1. The van der Waals surface area contributed by atoms with Crippen molar-refractivity contribution in [1.29, 1.82) is 0 Å². The van der Waals surface area contributed by atoms with Crippen LogP contribution >= 0.6 is 0 Å². The van der Waals surface area contributed by atoms with E-state index in [0.29, 0.717) is 13.1 Å². The molecule has 2 heterocycles. The molecule has 1 spiro atoms. The van der Waals surface area contributed by atoms with Gasteiger partial charge in [-0.2, -0.15) is 13.2 Å². The van der Waals surface area contributed by atoms with Gasteiger partial charge in [-0.3, -0.25) is 4.79 Å². The zero-order valence-electron chi connectivity index (χ0n) is 10.9. The van der Waals surface area contributed by atoms with Gasteiger partial charge >= 0.3 is 6.18 Å². The summed E-state index contributed by atoms with van der Waals surface area (Å²) in [7, 11) is 0. The molecule has 0 bridgehead atoms. The molecule has 0 unspecified atom stereocenters. The number of rotatable bonds is 2. The number of alkyl halides is 3. The summed E-state index contributed by atoms with van der Waals surface area (Å²) >= 11 is 0. The van der Waals surface area contributed by atoms with E-state index in [2.05, 4.69) is 4.90 Å². The Kier molecular flexibility index (Phi) is 2.92. The normalized spacial score (nSPS) is 21.1. The van der Waals surface area contributed by atoms with Crippen molar-refractivity contribution in [3.05, 3.63) is 29.8 Å². The molecule has 0 radical (unpaired) electrons. The van der Waals surface area contributed by atoms with Crippen LogP contribution in [0.25, 0.3) is 0 Å². The van der Waals surface area contributed by atoms with E-state index in [-0.39, 0.29) is 5.54 Å². The van der Waals surface area contributed by atoms with Crippen LogP contribution in [0, 0.1) is 0 Å². The monoisotopic (exact) mass is 284 g/mol. The van der Waals surface area contributed by atoms with Crippen LogP contribution in [0.1, 0.15) is 18.4 Å².